The van der Waals surface area contributed by atoms with Gasteiger partial charge in [-0.3, -0.25) is 9.48 Å². The molecule has 0 fully saturated rings. The van der Waals surface area contributed by atoms with Gasteiger partial charge in [0.25, 0.3) is 5.91 Å². The maximum Gasteiger partial charge on any atom is 0.257 e. The molecule has 1 aromatic carbocycles. The Labute approximate surface area is 143 Å². The number of benzene rings is 1. The number of amides is 1. The molecule has 2 rings (SSSR count). The average Bonchev–Trinajstić information content (AvgIpc) is 2.70. The maximum absolute atomic E-state index is 12.4. The predicted molar refractivity (Wildman–Crippen MR) is 97.2 cm³/mol. The summed E-state index contributed by atoms with van der Waals surface area (Å²) >= 11 is 0. The number of halogens is 1. The molecule has 1 heterocycles. The lowest BCUT2D eigenvalue weighted by atomic mass is 9.91. The van der Waals surface area contributed by atoms with Gasteiger partial charge in [0.2, 0.25) is 0 Å². The summed E-state index contributed by atoms with van der Waals surface area (Å²) in [6.07, 6.45) is 0.855. The molecule has 0 unspecified atom stereocenters. The van der Waals surface area contributed by atoms with E-state index in [0.29, 0.717) is 17.1 Å². The highest BCUT2D eigenvalue weighted by atomic mass is 35.5. The molecule has 1 aromatic heterocycles. The molecular formula is C17H25ClN4O. The third-order valence-corrected chi connectivity index (χ3v) is 3.39. The third-order valence-electron chi connectivity index (χ3n) is 3.39. The Morgan fingerprint density at radius 3 is 2.57 bits per heavy atom. The first-order chi connectivity index (χ1) is 10.2. The van der Waals surface area contributed by atoms with Crippen LogP contribution in [-0.4, -0.2) is 15.7 Å². The fraction of sp³-hybridized carbons (Fsp3) is 0.412. The van der Waals surface area contributed by atoms with E-state index >= 15 is 0 Å². The highest BCUT2D eigenvalue weighted by molar-refractivity contribution is 6.05. The van der Waals surface area contributed by atoms with Crippen molar-refractivity contribution < 1.29 is 4.79 Å². The molecule has 5 nitrogen and oxygen atoms in total. The Balaban J connectivity index is 0.00000264. The Hall–Kier alpha value is -2.01. The number of aromatic nitrogens is 2. The number of carbonyl (C=O) groups is 1. The summed E-state index contributed by atoms with van der Waals surface area (Å²) in [5, 5.41) is 7.37. The van der Waals surface area contributed by atoms with Crippen LogP contribution in [0.2, 0.25) is 0 Å². The highest BCUT2D eigenvalue weighted by Gasteiger charge is 2.17. The molecule has 0 aliphatic carbocycles. The summed E-state index contributed by atoms with van der Waals surface area (Å²) in [4.78, 5) is 12.4. The van der Waals surface area contributed by atoms with E-state index in [1.54, 1.807) is 16.8 Å². The van der Waals surface area contributed by atoms with Crippen LogP contribution in [0.3, 0.4) is 0 Å². The summed E-state index contributed by atoms with van der Waals surface area (Å²) in [7, 11) is 1.83. The van der Waals surface area contributed by atoms with E-state index in [9.17, 15) is 4.79 Å². The summed E-state index contributed by atoms with van der Waals surface area (Å²) < 4.78 is 1.70. The quantitative estimate of drug-likeness (QED) is 0.841. The minimum Gasteiger partial charge on any atom is -0.399 e. The molecule has 0 radical (unpaired) electrons. The van der Waals surface area contributed by atoms with Gasteiger partial charge in [0.05, 0.1) is 5.69 Å². The SMILES string of the molecule is Cc1ccc(N)cc1C(=O)Nc1cc(CC(C)(C)C)nn1C.Cl. The second-order valence-electron chi connectivity index (χ2n) is 6.91. The molecule has 6 heteroatoms. The van der Waals surface area contributed by atoms with Gasteiger partial charge in [-0.1, -0.05) is 26.8 Å². The number of aryl methyl sites for hydroxylation is 2. The number of hydrogen-bond acceptors (Lipinski definition) is 3. The van der Waals surface area contributed by atoms with Crippen LogP contribution in [0.1, 0.15) is 42.4 Å². The molecule has 0 atom stereocenters. The first kappa shape index (κ1) is 19.0. The molecule has 0 bridgehead atoms. The van der Waals surface area contributed by atoms with E-state index in [1.807, 2.05) is 26.1 Å². The van der Waals surface area contributed by atoms with Crippen molar-refractivity contribution in [3.63, 3.8) is 0 Å². The van der Waals surface area contributed by atoms with Crippen molar-refractivity contribution in [2.75, 3.05) is 11.1 Å². The predicted octanol–water partition coefficient (Wildman–Crippen LogP) is 3.57. The first-order valence-electron chi connectivity index (χ1n) is 7.36. The topological polar surface area (TPSA) is 72.9 Å². The summed E-state index contributed by atoms with van der Waals surface area (Å²) in [5.74, 6) is 0.515. The van der Waals surface area contributed by atoms with Gasteiger partial charge < -0.3 is 11.1 Å². The van der Waals surface area contributed by atoms with Crippen LogP contribution in [0.5, 0.6) is 0 Å². The van der Waals surface area contributed by atoms with Crippen LogP contribution in [-0.2, 0) is 13.5 Å². The Morgan fingerprint density at radius 2 is 1.96 bits per heavy atom. The van der Waals surface area contributed by atoms with Crippen molar-refractivity contribution in [3.05, 3.63) is 41.1 Å². The average molecular weight is 337 g/mol. The van der Waals surface area contributed by atoms with Crippen LogP contribution >= 0.6 is 12.4 Å². The first-order valence-corrected chi connectivity index (χ1v) is 7.36. The van der Waals surface area contributed by atoms with Gasteiger partial charge in [0.15, 0.2) is 0 Å². The summed E-state index contributed by atoms with van der Waals surface area (Å²) in [6.45, 7) is 8.38. The zero-order chi connectivity index (χ0) is 16.5. The minimum absolute atomic E-state index is 0. The lowest BCUT2D eigenvalue weighted by molar-refractivity contribution is 0.102. The van der Waals surface area contributed by atoms with Crippen molar-refractivity contribution in [1.29, 1.82) is 0 Å². The molecule has 1 amide bonds. The van der Waals surface area contributed by atoms with E-state index in [4.69, 9.17) is 5.73 Å². The highest BCUT2D eigenvalue weighted by Crippen LogP contribution is 2.22. The van der Waals surface area contributed by atoms with Gasteiger partial charge in [0.1, 0.15) is 5.82 Å². The zero-order valence-corrected chi connectivity index (χ0v) is 15.1. The van der Waals surface area contributed by atoms with Gasteiger partial charge in [-0.05, 0) is 36.5 Å². The standard InChI is InChI=1S/C17H24N4O.ClH/c1-11-6-7-12(18)8-14(11)16(22)19-15-9-13(20-21(15)5)10-17(2,3)4;/h6-9H,10,18H2,1-5H3,(H,19,22);1H. The molecule has 0 aliphatic heterocycles. The number of carbonyl (C=O) groups excluding carboxylic acids is 1. The Kier molecular flexibility index (Phi) is 5.83. The molecule has 126 valence electrons. The molecule has 23 heavy (non-hydrogen) atoms. The van der Waals surface area contributed by atoms with Crippen LogP contribution in [0, 0.1) is 12.3 Å². The van der Waals surface area contributed by atoms with Crippen LogP contribution in [0.4, 0.5) is 11.5 Å². The minimum atomic E-state index is -0.171. The van der Waals surface area contributed by atoms with Crippen molar-refractivity contribution in [3.8, 4) is 0 Å². The Morgan fingerprint density at radius 1 is 1.30 bits per heavy atom. The van der Waals surface area contributed by atoms with Gasteiger partial charge in [-0.25, -0.2) is 0 Å². The van der Waals surface area contributed by atoms with E-state index in [2.05, 4.69) is 31.2 Å². The van der Waals surface area contributed by atoms with Gasteiger partial charge in [-0.15, -0.1) is 12.4 Å². The summed E-state index contributed by atoms with van der Waals surface area (Å²) in [6, 6.07) is 7.25. The van der Waals surface area contributed by atoms with Crippen molar-refractivity contribution >= 4 is 29.8 Å². The van der Waals surface area contributed by atoms with Crippen LogP contribution < -0.4 is 11.1 Å². The van der Waals surface area contributed by atoms with Crippen molar-refractivity contribution in [1.82, 2.24) is 9.78 Å². The smallest absolute Gasteiger partial charge is 0.257 e. The van der Waals surface area contributed by atoms with Crippen LogP contribution in [0.25, 0.3) is 0 Å². The molecule has 0 saturated heterocycles. The molecule has 3 N–H and O–H groups in total. The van der Waals surface area contributed by atoms with Crippen molar-refractivity contribution in [2.24, 2.45) is 12.5 Å². The maximum atomic E-state index is 12.4. The van der Waals surface area contributed by atoms with E-state index < -0.39 is 0 Å². The lowest BCUT2D eigenvalue weighted by Crippen LogP contribution is -2.16. The number of rotatable bonds is 3. The number of nitrogen functional groups attached to an aromatic ring is 1. The van der Waals surface area contributed by atoms with Crippen LogP contribution in [0.15, 0.2) is 24.3 Å². The largest absolute Gasteiger partial charge is 0.399 e. The molecule has 2 aromatic rings. The van der Waals surface area contributed by atoms with E-state index in [0.717, 1.165) is 17.7 Å². The lowest BCUT2D eigenvalue weighted by Gasteiger charge is -2.15. The van der Waals surface area contributed by atoms with Gasteiger partial charge >= 0.3 is 0 Å². The number of anilines is 2. The second kappa shape index (κ2) is 7.04. The number of nitrogens with two attached hydrogens (primary N) is 1. The fourth-order valence-electron chi connectivity index (χ4n) is 2.34. The fourth-order valence-corrected chi connectivity index (χ4v) is 2.34. The van der Waals surface area contributed by atoms with E-state index in [1.165, 1.54) is 0 Å². The molecule has 0 saturated carbocycles. The number of nitrogens with one attached hydrogen (secondary N) is 1. The normalized spacial score (nSPS) is 11.0. The molecule has 0 spiro atoms. The third kappa shape index (κ3) is 4.99. The van der Waals surface area contributed by atoms with Gasteiger partial charge in [-0.2, -0.15) is 5.10 Å². The van der Waals surface area contributed by atoms with Crippen molar-refractivity contribution in [2.45, 2.75) is 34.1 Å². The summed E-state index contributed by atoms with van der Waals surface area (Å²) in [5.41, 5.74) is 8.94. The van der Waals surface area contributed by atoms with E-state index in [-0.39, 0.29) is 23.7 Å². The number of nitrogens with zero attached hydrogens (tertiary/aromatic N) is 2. The number of hydrogen-bond donors (Lipinski definition) is 2. The molecular weight excluding hydrogens is 312 g/mol. The van der Waals surface area contributed by atoms with Gasteiger partial charge in [0, 0.05) is 24.4 Å². The Bertz CT molecular complexity index is 701. The second-order valence-corrected chi connectivity index (χ2v) is 6.91. The monoisotopic (exact) mass is 336 g/mol. The zero-order valence-electron chi connectivity index (χ0n) is 14.3. The molecule has 0 aliphatic rings.